The smallest absolute Gasteiger partial charge is 0.169 e. The quantitative estimate of drug-likeness (QED) is 0.857. The van der Waals surface area contributed by atoms with Crippen molar-refractivity contribution in [2.24, 2.45) is 0 Å². The van der Waals surface area contributed by atoms with Crippen molar-refractivity contribution in [3.63, 3.8) is 0 Å². The van der Waals surface area contributed by atoms with Crippen LogP contribution < -0.4 is 4.74 Å². The van der Waals surface area contributed by atoms with Crippen LogP contribution in [0.1, 0.15) is 6.42 Å². The lowest BCUT2D eigenvalue weighted by Gasteiger charge is -2.34. The molecule has 0 radical (unpaired) electrons. The van der Waals surface area contributed by atoms with Gasteiger partial charge in [0.1, 0.15) is 6.10 Å². The number of ketones is 1. The molecule has 0 amide bonds. The first kappa shape index (κ1) is 13.0. The second kappa shape index (κ2) is 5.02. The molecule has 0 aliphatic heterocycles. The Morgan fingerprint density at radius 1 is 1.24 bits per heavy atom. The van der Waals surface area contributed by atoms with Crippen molar-refractivity contribution >= 4 is 40.6 Å². The SMILES string of the molecule is COC1C(=O)CC1Oc1c(Cl)cc(Cl)cc1Cl. The molecule has 0 spiro atoms. The molecule has 1 aromatic rings. The van der Waals surface area contributed by atoms with Gasteiger partial charge in [-0.2, -0.15) is 0 Å². The van der Waals surface area contributed by atoms with Crippen molar-refractivity contribution in [1.29, 1.82) is 0 Å². The molecule has 0 heterocycles. The van der Waals surface area contributed by atoms with E-state index >= 15 is 0 Å². The number of halogens is 3. The summed E-state index contributed by atoms with van der Waals surface area (Å²) in [6.07, 6.45) is -0.588. The molecule has 0 aromatic heterocycles. The summed E-state index contributed by atoms with van der Waals surface area (Å²) in [6.45, 7) is 0. The lowest BCUT2D eigenvalue weighted by molar-refractivity contribution is -0.150. The van der Waals surface area contributed by atoms with Crippen LogP contribution in [-0.4, -0.2) is 25.1 Å². The number of ether oxygens (including phenoxy) is 2. The van der Waals surface area contributed by atoms with Gasteiger partial charge in [-0.1, -0.05) is 34.8 Å². The molecule has 0 N–H and O–H groups in total. The Kier molecular flexibility index (Phi) is 3.83. The number of benzene rings is 1. The molecule has 2 unspecified atom stereocenters. The van der Waals surface area contributed by atoms with Gasteiger partial charge in [-0.25, -0.2) is 0 Å². The zero-order valence-electron chi connectivity index (χ0n) is 8.88. The standard InChI is InChI=1S/C11H9Cl3O3/c1-16-11-8(15)4-9(11)17-10-6(13)2-5(12)3-7(10)14/h2-3,9,11H,4H2,1H3. The third-order valence-corrected chi connectivity index (χ3v) is 3.32. The molecule has 1 saturated carbocycles. The minimum atomic E-state index is -0.544. The topological polar surface area (TPSA) is 35.5 Å². The van der Waals surface area contributed by atoms with E-state index in [-0.39, 0.29) is 11.9 Å². The minimum absolute atomic E-state index is 0.0127. The Morgan fingerprint density at radius 2 is 1.82 bits per heavy atom. The molecule has 2 atom stereocenters. The molecular weight excluding hydrogens is 286 g/mol. The number of hydrogen-bond acceptors (Lipinski definition) is 3. The molecular formula is C11H9Cl3O3. The Labute approximate surface area is 114 Å². The minimum Gasteiger partial charge on any atom is -0.484 e. The first-order valence-corrected chi connectivity index (χ1v) is 6.03. The van der Waals surface area contributed by atoms with E-state index < -0.39 is 6.10 Å². The van der Waals surface area contributed by atoms with E-state index in [1.165, 1.54) is 19.2 Å². The summed E-state index contributed by atoms with van der Waals surface area (Å²) in [4.78, 5) is 11.2. The van der Waals surface area contributed by atoms with Crippen LogP contribution >= 0.6 is 34.8 Å². The van der Waals surface area contributed by atoms with Gasteiger partial charge in [-0.05, 0) is 12.1 Å². The van der Waals surface area contributed by atoms with Gasteiger partial charge in [-0.3, -0.25) is 4.79 Å². The molecule has 0 bridgehead atoms. The largest absolute Gasteiger partial charge is 0.484 e. The highest BCUT2D eigenvalue weighted by molar-refractivity contribution is 6.40. The van der Waals surface area contributed by atoms with Crippen LogP contribution in [0.2, 0.25) is 15.1 Å². The first-order chi connectivity index (χ1) is 8.02. The Bertz CT molecular complexity index is 438. The van der Waals surface area contributed by atoms with Gasteiger partial charge in [-0.15, -0.1) is 0 Å². The average molecular weight is 296 g/mol. The maximum atomic E-state index is 11.2. The summed E-state index contributed by atoms with van der Waals surface area (Å²) in [5.41, 5.74) is 0. The highest BCUT2D eigenvalue weighted by Gasteiger charge is 2.42. The summed E-state index contributed by atoms with van der Waals surface area (Å²) < 4.78 is 10.6. The van der Waals surface area contributed by atoms with Gasteiger partial charge < -0.3 is 9.47 Å². The summed E-state index contributed by atoms with van der Waals surface area (Å²) >= 11 is 17.7. The average Bonchev–Trinajstić information content (AvgIpc) is 2.21. The predicted molar refractivity (Wildman–Crippen MR) is 66.3 cm³/mol. The van der Waals surface area contributed by atoms with Gasteiger partial charge in [0.05, 0.1) is 10.0 Å². The van der Waals surface area contributed by atoms with Crippen molar-refractivity contribution in [1.82, 2.24) is 0 Å². The maximum Gasteiger partial charge on any atom is 0.169 e. The molecule has 3 nitrogen and oxygen atoms in total. The van der Waals surface area contributed by atoms with Gasteiger partial charge in [0.25, 0.3) is 0 Å². The van der Waals surface area contributed by atoms with Gasteiger partial charge in [0.2, 0.25) is 0 Å². The second-order valence-electron chi connectivity index (χ2n) is 3.68. The van der Waals surface area contributed by atoms with Crippen molar-refractivity contribution < 1.29 is 14.3 Å². The lowest BCUT2D eigenvalue weighted by Crippen LogP contribution is -2.51. The maximum absolute atomic E-state index is 11.2. The molecule has 0 saturated heterocycles. The number of rotatable bonds is 3. The Morgan fingerprint density at radius 3 is 2.29 bits per heavy atom. The number of hydrogen-bond donors (Lipinski definition) is 0. The number of methoxy groups -OCH3 is 1. The second-order valence-corrected chi connectivity index (χ2v) is 4.93. The zero-order chi connectivity index (χ0) is 12.6. The molecule has 6 heteroatoms. The van der Waals surface area contributed by atoms with Gasteiger partial charge >= 0.3 is 0 Å². The summed E-state index contributed by atoms with van der Waals surface area (Å²) in [7, 11) is 1.46. The van der Waals surface area contributed by atoms with E-state index in [9.17, 15) is 4.79 Å². The Balaban J connectivity index is 2.17. The van der Waals surface area contributed by atoms with Crippen LogP contribution in [0.15, 0.2) is 12.1 Å². The van der Waals surface area contributed by atoms with E-state index in [0.717, 1.165) is 0 Å². The van der Waals surface area contributed by atoms with Crippen LogP contribution in [0, 0.1) is 0 Å². The lowest BCUT2D eigenvalue weighted by atomic mass is 9.90. The fraction of sp³-hybridized carbons (Fsp3) is 0.364. The molecule has 1 aliphatic rings. The molecule has 2 rings (SSSR count). The monoisotopic (exact) mass is 294 g/mol. The predicted octanol–water partition coefficient (Wildman–Crippen LogP) is 3.38. The van der Waals surface area contributed by atoms with Crippen LogP contribution in [0.3, 0.4) is 0 Å². The van der Waals surface area contributed by atoms with Crippen LogP contribution in [0.4, 0.5) is 0 Å². The number of carbonyl (C=O) groups excluding carboxylic acids is 1. The van der Waals surface area contributed by atoms with E-state index in [1.54, 1.807) is 0 Å². The van der Waals surface area contributed by atoms with Crippen molar-refractivity contribution in [3.05, 3.63) is 27.2 Å². The first-order valence-electron chi connectivity index (χ1n) is 4.89. The fourth-order valence-electron chi connectivity index (χ4n) is 1.65. The van der Waals surface area contributed by atoms with Crippen LogP contribution in [0.5, 0.6) is 5.75 Å². The number of carbonyl (C=O) groups is 1. The van der Waals surface area contributed by atoms with E-state index in [4.69, 9.17) is 44.3 Å². The van der Waals surface area contributed by atoms with Crippen LogP contribution in [-0.2, 0) is 9.53 Å². The van der Waals surface area contributed by atoms with E-state index in [1.807, 2.05) is 0 Å². The van der Waals surface area contributed by atoms with E-state index in [0.29, 0.717) is 27.2 Å². The van der Waals surface area contributed by atoms with Crippen LogP contribution in [0.25, 0.3) is 0 Å². The molecule has 1 aromatic carbocycles. The Hall–Kier alpha value is -0.480. The zero-order valence-corrected chi connectivity index (χ0v) is 11.1. The van der Waals surface area contributed by atoms with Gasteiger partial charge in [0, 0.05) is 18.6 Å². The molecule has 92 valence electrons. The third kappa shape index (κ3) is 2.52. The summed E-state index contributed by atoms with van der Waals surface area (Å²) in [5.74, 6) is 0.344. The fourth-order valence-corrected chi connectivity index (χ4v) is 2.55. The van der Waals surface area contributed by atoms with Gasteiger partial charge in [0.15, 0.2) is 17.6 Å². The van der Waals surface area contributed by atoms with Crippen molar-refractivity contribution in [2.45, 2.75) is 18.6 Å². The highest BCUT2D eigenvalue weighted by atomic mass is 35.5. The normalized spacial score (nSPS) is 23.4. The molecule has 17 heavy (non-hydrogen) atoms. The van der Waals surface area contributed by atoms with E-state index in [2.05, 4.69) is 0 Å². The summed E-state index contributed by atoms with van der Waals surface area (Å²) in [5, 5.41) is 1.06. The molecule has 1 fully saturated rings. The van der Waals surface area contributed by atoms with Crippen molar-refractivity contribution in [2.75, 3.05) is 7.11 Å². The highest BCUT2D eigenvalue weighted by Crippen LogP contribution is 2.38. The third-order valence-electron chi connectivity index (χ3n) is 2.54. The van der Waals surface area contributed by atoms with Crippen molar-refractivity contribution in [3.8, 4) is 5.75 Å². The molecule has 1 aliphatic carbocycles. The summed E-state index contributed by atoms with van der Waals surface area (Å²) in [6, 6.07) is 3.07. The number of Topliss-reactive ketones (excluding diaryl/α,β-unsaturated/α-hetero) is 1.